The van der Waals surface area contributed by atoms with Crippen LogP contribution in [0.15, 0.2) is 59.4 Å². The molecule has 0 aliphatic rings. The molecular weight excluding hydrogens is 330 g/mol. The summed E-state index contributed by atoms with van der Waals surface area (Å²) in [4.78, 5) is 26.8. The van der Waals surface area contributed by atoms with E-state index in [1.54, 1.807) is 22.9 Å². The van der Waals surface area contributed by atoms with Crippen molar-refractivity contribution in [2.24, 2.45) is 0 Å². The summed E-state index contributed by atoms with van der Waals surface area (Å²) in [6.45, 7) is 2.48. The molecule has 2 aromatic carbocycles. The summed E-state index contributed by atoms with van der Waals surface area (Å²) >= 11 is 0. The number of carboxylic acid groups (broad SMARTS) is 1. The Balaban J connectivity index is 1.87. The molecule has 0 atom stereocenters. The van der Waals surface area contributed by atoms with Crippen LogP contribution < -0.4 is 5.69 Å². The number of aromatic amines is 1. The second-order valence-corrected chi connectivity index (χ2v) is 5.83. The molecule has 0 amide bonds. The van der Waals surface area contributed by atoms with Crippen LogP contribution in [0.5, 0.6) is 0 Å². The molecule has 6 heteroatoms. The minimum absolute atomic E-state index is 0.270. The van der Waals surface area contributed by atoms with Crippen LogP contribution in [-0.2, 0) is 6.54 Å². The highest BCUT2D eigenvalue weighted by Gasteiger charge is 2.11. The van der Waals surface area contributed by atoms with Gasteiger partial charge in [0.05, 0.1) is 12.1 Å². The van der Waals surface area contributed by atoms with E-state index in [4.69, 9.17) is 0 Å². The first-order chi connectivity index (χ1) is 12.6. The van der Waals surface area contributed by atoms with Crippen LogP contribution in [0.1, 0.15) is 35.1 Å². The Kier molecular flexibility index (Phi) is 5.12. The minimum atomic E-state index is -0.951. The first kappa shape index (κ1) is 17.4. The molecule has 0 aliphatic heterocycles. The van der Waals surface area contributed by atoms with Crippen molar-refractivity contribution >= 4 is 12.0 Å². The van der Waals surface area contributed by atoms with Crippen LogP contribution >= 0.6 is 0 Å². The van der Waals surface area contributed by atoms with Crippen LogP contribution in [0.3, 0.4) is 0 Å². The van der Waals surface area contributed by atoms with Crippen molar-refractivity contribution in [3.8, 4) is 11.1 Å². The number of hydrogen-bond donors (Lipinski definition) is 2. The van der Waals surface area contributed by atoms with E-state index in [9.17, 15) is 14.7 Å². The van der Waals surface area contributed by atoms with Gasteiger partial charge in [0.25, 0.3) is 0 Å². The average Bonchev–Trinajstić information content (AvgIpc) is 2.99. The van der Waals surface area contributed by atoms with Crippen LogP contribution in [0, 0.1) is 0 Å². The molecule has 6 nitrogen and oxygen atoms in total. The molecule has 1 heterocycles. The van der Waals surface area contributed by atoms with E-state index in [1.807, 2.05) is 49.4 Å². The quantitative estimate of drug-likeness (QED) is 0.714. The lowest BCUT2D eigenvalue weighted by molar-refractivity contribution is 0.0697. The molecule has 26 heavy (non-hydrogen) atoms. The third-order valence-electron chi connectivity index (χ3n) is 3.99. The van der Waals surface area contributed by atoms with Crippen molar-refractivity contribution in [3.63, 3.8) is 0 Å². The van der Waals surface area contributed by atoms with E-state index >= 15 is 0 Å². The lowest BCUT2D eigenvalue weighted by Gasteiger charge is -2.08. The Labute approximate surface area is 150 Å². The molecule has 1 aromatic heterocycles. The van der Waals surface area contributed by atoms with Gasteiger partial charge in [-0.3, -0.25) is 4.68 Å². The number of benzene rings is 2. The number of carboxylic acids is 1. The number of allylic oxidation sites excluding steroid dienone is 1. The van der Waals surface area contributed by atoms with Gasteiger partial charge in [-0.2, -0.15) is 4.98 Å². The Morgan fingerprint density at radius 1 is 1.19 bits per heavy atom. The summed E-state index contributed by atoms with van der Waals surface area (Å²) in [7, 11) is 0. The molecule has 0 radical (unpaired) electrons. The highest BCUT2D eigenvalue weighted by atomic mass is 16.4. The van der Waals surface area contributed by atoms with E-state index in [-0.39, 0.29) is 11.3 Å². The molecule has 0 saturated carbocycles. The number of nitrogens with zero attached hydrogens (tertiary/aromatic N) is 2. The van der Waals surface area contributed by atoms with Crippen molar-refractivity contribution in [3.05, 3.63) is 82.0 Å². The van der Waals surface area contributed by atoms with Gasteiger partial charge in [0, 0.05) is 0 Å². The van der Waals surface area contributed by atoms with Crippen LogP contribution in [0.25, 0.3) is 17.2 Å². The van der Waals surface area contributed by atoms with Crippen LogP contribution in [-0.4, -0.2) is 25.8 Å². The van der Waals surface area contributed by atoms with Gasteiger partial charge >= 0.3 is 11.7 Å². The second kappa shape index (κ2) is 7.65. The van der Waals surface area contributed by atoms with Gasteiger partial charge in [-0.15, -0.1) is 0 Å². The van der Waals surface area contributed by atoms with Crippen molar-refractivity contribution in [2.75, 3.05) is 0 Å². The molecule has 0 bridgehead atoms. The van der Waals surface area contributed by atoms with Gasteiger partial charge in [-0.1, -0.05) is 55.5 Å². The van der Waals surface area contributed by atoms with Crippen molar-refractivity contribution in [2.45, 2.75) is 19.9 Å². The number of aromatic nitrogens is 3. The maximum atomic E-state index is 11.5. The summed E-state index contributed by atoms with van der Waals surface area (Å²) in [5, 5.41) is 12.0. The van der Waals surface area contributed by atoms with Gasteiger partial charge in [-0.25, -0.2) is 14.7 Å². The zero-order chi connectivity index (χ0) is 18.5. The smallest absolute Gasteiger partial charge is 0.361 e. The fourth-order valence-electron chi connectivity index (χ4n) is 2.73. The van der Waals surface area contributed by atoms with Crippen LogP contribution in [0.2, 0.25) is 0 Å². The number of rotatable bonds is 6. The van der Waals surface area contributed by atoms with Gasteiger partial charge in [0.1, 0.15) is 0 Å². The summed E-state index contributed by atoms with van der Waals surface area (Å²) in [5.41, 5.74) is 2.37. The number of H-pyrrole nitrogens is 1. The van der Waals surface area contributed by atoms with Crippen molar-refractivity contribution < 1.29 is 9.90 Å². The second-order valence-electron chi connectivity index (χ2n) is 5.83. The fraction of sp³-hybridized carbons (Fsp3) is 0.150. The van der Waals surface area contributed by atoms with E-state index in [2.05, 4.69) is 10.1 Å². The summed E-state index contributed by atoms with van der Waals surface area (Å²) in [5.74, 6) is -0.370. The van der Waals surface area contributed by atoms with Crippen molar-refractivity contribution in [1.29, 1.82) is 0 Å². The molecule has 0 aliphatic carbocycles. The van der Waals surface area contributed by atoms with E-state index in [1.165, 1.54) is 0 Å². The third-order valence-corrected chi connectivity index (χ3v) is 3.99. The molecule has 3 rings (SSSR count). The van der Waals surface area contributed by atoms with Gasteiger partial charge < -0.3 is 5.11 Å². The summed E-state index contributed by atoms with van der Waals surface area (Å²) in [6.07, 6.45) is 4.62. The maximum Gasteiger partial charge on any atom is 0.361 e. The number of aromatic carboxylic acids is 1. The molecule has 2 N–H and O–H groups in total. The lowest BCUT2D eigenvalue weighted by Crippen LogP contribution is -2.08. The SMILES string of the molecule is CC/C=C/c1nc(=O)[nH]n1Cc1ccc(-c2ccccc2C(=O)O)cc1. The number of nitrogens with one attached hydrogen (secondary N) is 1. The predicted octanol–water partition coefficient (Wildman–Crippen LogP) is 3.41. The normalized spacial score (nSPS) is 11.1. The number of carbonyl (C=O) groups is 1. The predicted molar refractivity (Wildman–Crippen MR) is 100 cm³/mol. The minimum Gasteiger partial charge on any atom is -0.478 e. The van der Waals surface area contributed by atoms with E-state index in [0.717, 1.165) is 17.5 Å². The highest BCUT2D eigenvalue weighted by molar-refractivity contribution is 5.95. The Hall–Kier alpha value is -3.41. The van der Waals surface area contributed by atoms with Crippen LogP contribution in [0.4, 0.5) is 0 Å². The van der Waals surface area contributed by atoms with E-state index < -0.39 is 5.97 Å². The highest BCUT2D eigenvalue weighted by Crippen LogP contribution is 2.24. The fourth-order valence-corrected chi connectivity index (χ4v) is 2.73. The van der Waals surface area contributed by atoms with Gasteiger partial charge in [0.15, 0.2) is 5.82 Å². The Morgan fingerprint density at radius 3 is 2.62 bits per heavy atom. The molecule has 0 unspecified atom stereocenters. The maximum absolute atomic E-state index is 11.5. The molecule has 0 saturated heterocycles. The monoisotopic (exact) mass is 349 g/mol. The Bertz CT molecular complexity index is 998. The summed E-state index contributed by atoms with van der Waals surface area (Å²) in [6, 6.07) is 14.5. The van der Waals surface area contributed by atoms with Gasteiger partial charge in [-0.05, 0) is 35.3 Å². The lowest BCUT2D eigenvalue weighted by atomic mass is 9.99. The zero-order valence-corrected chi connectivity index (χ0v) is 14.3. The largest absolute Gasteiger partial charge is 0.478 e. The first-order valence-electron chi connectivity index (χ1n) is 8.33. The molecule has 0 spiro atoms. The van der Waals surface area contributed by atoms with Crippen molar-refractivity contribution in [1.82, 2.24) is 14.8 Å². The topological polar surface area (TPSA) is 88.0 Å². The standard InChI is InChI=1S/C20H19N3O3/c1-2-3-8-18-21-20(26)22-23(18)13-14-9-11-15(12-10-14)16-6-4-5-7-17(16)19(24)25/h3-12H,2,13H2,1H3,(H,22,26)(H,24,25)/b8-3+. The third kappa shape index (κ3) is 3.80. The number of hydrogen-bond acceptors (Lipinski definition) is 3. The molecule has 132 valence electrons. The van der Waals surface area contributed by atoms with Gasteiger partial charge in [0.2, 0.25) is 0 Å². The summed E-state index contributed by atoms with van der Waals surface area (Å²) < 4.78 is 1.69. The Morgan fingerprint density at radius 2 is 1.92 bits per heavy atom. The zero-order valence-electron chi connectivity index (χ0n) is 14.3. The molecule has 3 aromatic rings. The molecular formula is C20H19N3O3. The first-order valence-corrected chi connectivity index (χ1v) is 8.33. The average molecular weight is 349 g/mol. The van der Waals surface area contributed by atoms with E-state index in [0.29, 0.717) is 17.9 Å². The molecule has 0 fully saturated rings.